The van der Waals surface area contributed by atoms with Crippen molar-refractivity contribution < 1.29 is 13.2 Å². The lowest BCUT2D eigenvalue weighted by Gasteiger charge is -2.26. The number of rotatable bonds is 7. The molecule has 2 fully saturated rings. The van der Waals surface area contributed by atoms with Gasteiger partial charge in [-0.3, -0.25) is 9.58 Å². The lowest BCUT2D eigenvalue weighted by atomic mass is 10.2. The SMILES string of the molecule is O=S(=O)(NCCN1CCOCC1)c1cn(C2CCCC2)nc1-c1ccccc1. The van der Waals surface area contributed by atoms with E-state index in [1.165, 1.54) is 12.8 Å². The normalized spacial score (nSPS) is 19.3. The lowest BCUT2D eigenvalue weighted by molar-refractivity contribution is 0.0390. The zero-order chi connectivity index (χ0) is 19.4. The van der Waals surface area contributed by atoms with Crippen LogP contribution in [0.1, 0.15) is 31.7 Å². The number of nitrogens with zero attached hydrogens (tertiary/aromatic N) is 3. The molecule has 1 saturated heterocycles. The molecule has 1 aromatic carbocycles. The maximum atomic E-state index is 13.1. The Balaban J connectivity index is 1.55. The second-order valence-corrected chi connectivity index (χ2v) is 9.21. The molecular formula is C20H28N4O3S. The summed E-state index contributed by atoms with van der Waals surface area (Å²) >= 11 is 0. The minimum atomic E-state index is -3.64. The first-order chi connectivity index (χ1) is 13.6. The van der Waals surface area contributed by atoms with Crippen LogP contribution in [-0.2, 0) is 14.8 Å². The van der Waals surface area contributed by atoms with Gasteiger partial charge in [0, 0.05) is 37.9 Å². The van der Waals surface area contributed by atoms with E-state index in [4.69, 9.17) is 9.84 Å². The summed E-state index contributed by atoms with van der Waals surface area (Å²) in [6.45, 7) is 4.16. The van der Waals surface area contributed by atoms with Gasteiger partial charge in [-0.25, -0.2) is 13.1 Å². The number of aromatic nitrogens is 2. The van der Waals surface area contributed by atoms with E-state index >= 15 is 0 Å². The van der Waals surface area contributed by atoms with E-state index in [2.05, 4.69) is 9.62 Å². The van der Waals surface area contributed by atoms with Gasteiger partial charge < -0.3 is 4.74 Å². The summed E-state index contributed by atoms with van der Waals surface area (Å²) in [6.07, 6.45) is 6.17. The summed E-state index contributed by atoms with van der Waals surface area (Å²) < 4.78 is 36.2. The van der Waals surface area contributed by atoms with Crippen LogP contribution in [0.5, 0.6) is 0 Å². The summed E-state index contributed by atoms with van der Waals surface area (Å²) in [5.41, 5.74) is 1.36. The van der Waals surface area contributed by atoms with E-state index in [1.807, 2.05) is 35.0 Å². The fourth-order valence-corrected chi connectivity index (χ4v) is 5.14. The van der Waals surface area contributed by atoms with Crippen LogP contribution in [0, 0.1) is 0 Å². The van der Waals surface area contributed by atoms with Crippen LogP contribution in [-0.4, -0.2) is 62.5 Å². The zero-order valence-corrected chi connectivity index (χ0v) is 16.9. The predicted molar refractivity (Wildman–Crippen MR) is 108 cm³/mol. The Bertz CT molecular complexity index is 870. The lowest BCUT2D eigenvalue weighted by Crippen LogP contribution is -2.41. The number of ether oxygens (including phenoxy) is 1. The van der Waals surface area contributed by atoms with Crippen molar-refractivity contribution in [3.63, 3.8) is 0 Å². The third-order valence-electron chi connectivity index (χ3n) is 5.56. The van der Waals surface area contributed by atoms with Crippen LogP contribution in [0.25, 0.3) is 11.3 Å². The van der Waals surface area contributed by atoms with E-state index in [9.17, 15) is 8.42 Å². The van der Waals surface area contributed by atoms with Crippen LogP contribution in [0.4, 0.5) is 0 Å². The molecule has 2 aromatic rings. The molecule has 0 atom stereocenters. The van der Waals surface area contributed by atoms with Crippen LogP contribution in [0.3, 0.4) is 0 Å². The Hall–Kier alpha value is -1.74. The Morgan fingerprint density at radius 2 is 1.82 bits per heavy atom. The Labute approximate surface area is 166 Å². The van der Waals surface area contributed by atoms with E-state index in [0.29, 0.717) is 38.0 Å². The molecule has 1 N–H and O–H groups in total. The van der Waals surface area contributed by atoms with Crippen molar-refractivity contribution in [1.82, 2.24) is 19.4 Å². The molecular weight excluding hydrogens is 376 g/mol. The smallest absolute Gasteiger partial charge is 0.244 e. The molecule has 0 unspecified atom stereocenters. The number of sulfonamides is 1. The molecule has 1 aliphatic heterocycles. The van der Waals surface area contributed by atoms with Crippen molar-refractivity contribution in [2.75, 3.05) is 39.4 Å². The van der Waals surface area contributed by atoms with Crippen molar-refractivity contribution in [3.05, 3.63) is 36.5 Å². The fourth-order valence-electron chi connectivity index (χ4n) is 3.96. The van der Waals surface area contributed by atoms with E-state index in [1.54, 1.807) is 6.20 Å². The molecule has 7 nitrogen and oxygen atoms in total. The molecule has 8 heteroatoms. The molecule has 2 heterocycles. The Morgan fingerprint density at radius 3 is 2.54 bits per heavy atom. The predicted octanol–water partition coefficient (Wildman–Crippen LogP) is 2.28. The van der Waals surface area contributed by atoms with Gasteiger partial charge in [0.15, 0.2) is 0 Å². The molecule has 1 aromatic heterocycles. The summed E-state index contributed by atoms with van der Waals surface area (Å²) in [5.74, 6) is 0. The van der Waals surface area contributed by atoms with Crippen molar-refractivity contribution in [2.45, 2.75) is 36.6 Å². The van der Waals surface area contributed by atoms with Gasteiger partial charge in [-0.1, -0.05) is 43.2 Å². The third kappa shape index (κ3) is 4.46. The molecule has 1 saturated carbocycles. The van der Waals surface area contributed by atoms with Crippen molar-refractivity contribution >= 4 is 10.0 Å². The first-order valence-corrected chi connectivity index (χ1v) is 11.6. The molecule has 1 aliphatic carbocycles. The van der Waals surface area contributed by atoms with Gasteiger partial charge in [0.05, 0.1) is 19.3 Å². The zero-order valence-electron chi connectivity index (χ0n) is 16.1. The second kappa shape index (κ2) is 8.73. The number of benzene rings is 1. The molecule has 152 valence electrons. The summed E-state index contributed by atoms with van der Waals surface area (Å²) in [7, 11) is -3.64. The van der Waals surface area contributed by atoms with Gasteiger partial charge in [-0.05, 0) is 12.8 Å². The highest BCUT2D eigenvalue weighted by Crippen LogP contribution is 2.33. The average Bonchev–Trinajstić information content (AvgIpc) is 3.39. The molecule has 4 rings (SSSR count). The first-order valence-electron chi connectivity index (χ1n) is 10.1. The number of morpholine rings is 1. The highest BCUT2D eigenvalue weighted by atomic mass is 32.2. The monoisotopic (exact) mass is 404 g/mol. The van der Waals surface area contributed by atoms with Gasteiger partial charge in [-0.15, -0.1) is 0 Å². The van der Waals surface area contributed by atoms with Crippen molar-refractivity contribution in [1.29, 1.82) is 0 Å². The van der Waals surface area contributed by atoms with Gasteiger partial charge in [0.25, 0.3) is 0 Å². The van der Waals surface area contributed by atoms with Gasteiger partial charge >= 0.3 is 0 Å². The average molecular weight is 405 g/mol. The minimum absolute atomic E-state index is 0.271. The molecule has 0 amide bonds. The first kappa shape index (κ1) is 19.6. The molecule has 0 radical (unpaired) electrons. The van der Waals surface area contributed by atoms with Gasteiger partial charge in [0.2, 0.25) is 10.0 Å². The maximum absolute atomic E-state index is 13.1. The van der Waals surface area contributed by atoms with Crippen LogP contribution in [0.2, 0.25) is 0 Å². The molecule has 2 aliphatic rings. The quantitative estimate of drug-likeness (QED) is 0.766. The number of hydrogen-bond donors (Lipinski definition) is 1. The van der Waals surface area contributed by atoms with Gasteiger partial charge in [0.1, 0.15) is 10.6 Å². The number of hydrogen-bond acceptors (Lipinski definition) is 5. The standard InChI is InChI=1S/C20H28N4O3S/c25-28(26,21-10-11-23-12-14-27-15-13-23)19-16-24(18-8-4-5-9-18)22-20(19)17-6-2-1-3-7-17/h1-3,6-7,16,18,21H,4-5,8-15H2. The Kier molecular flexibility index (Phi) is 6.10. The molecule has 0 spiro atoms. The largest absolute Gasteiger partial charge is 0.379 e. The van der Waals surface area contributed by atoms with Crippen LogP contribution >= 0.6 is 0 Å². The van der Waals surface area contributed by atoms with Crippen LogP contribution in [0.15, 0.2) is 41.4 Å². The minimum Gasteiger partial charge on any atom is -0.379 e. The van der Waals surface area contributed by atoms with E-state index in [0.717, 1.165) is 31.5 Å². The maximum Gasteiger partial charge on any atom is 0.244 e. The topological polar surface area (TPSA) is 76.5 Å². The van der Waals surface area contributed by atoms with E-state index < -0.39 is 10.0 Å². The summed E-state index contributed by atoms with van der Waals surface area (Å²) in [6, 6.07) is 9.85. The van der Waals surface area contributed by atoms with Crippen LogP contribution < -0.4 is 4.72 Å². The molecule has 0 bridgehead atoms. The third-order valence-corrected chi connectivity index (χ3v) is 7.02. The molecule has 28 heavy (non-hydrogen) atoms. The summed E-state index contributed by atoms with van der Waals surface area (Å²) in [4.78, 5) is 2.49. The highest BCUT2D eigenvalue weighted by molar-refractivity contribution is 7.89. The van der Waals surface area contributed by atoms with Crippen molar-refractivity contribution in [2.24, 2.45) is 0 Å². The second-order valence-electron chi connectivity index (χ2n) is 7.48. The summed E-state index contributed by atoms with van der Waals surface area (Å²) in [5, 5.41) is 4.70. The Morgan fingerprint density at radius 1 is 1.11 bits per heavy atom. The van der Waals surface area contributed by atoms with Gasteiger partial charge in [-0.2, -0.15) is 5.10 Å². The fraction of sp³-hybridized carbons (Fsp3) is 0.550. The highest BCUT2D eigenvalue weighted by Gasteiger charge is 2.27. The van der Waals surface area contributed by atoms with E-state index in [-0.39, 0.29) is 4.90 Å². The van der Waals surface area contributed by atoms with Crippen molar-refractivity contribution in [3.8, 4) is 11.3 Å². The number of nitrogens with one attached hydrogen (secondary N) is 1.